The van der Waals surface area contributed by atoms with Crippen LogP contribution >= 0.6 is 0 Å². The van der Waals surface area contributed by atoms with Gasteiger partial charge in [0, 0.05) is 26.6 Å². The van der Waals surface area contributed by atoms with E-state index in [1.807, 2.05) is 0 Å². The number of rotatable bonds is 16. The van der Waals surface area contributed by atoms with Gasteiger partial charge < -0.3 is 14.3 Å². The Bertz CT molecular complexity index is 276. The second kappa shape index (κ2) is 16.5. The molecule has 0 atom stereocenters. The smallest absolute Gasteiger partial charge is 0.305 e. The number of hydrogen-bond donors (Lipinski definition) is 0. The summed E-state index contributed by atoms with van der Waals surface area (Å²) in [5, 5.41) is 0. The molecule has 0 aliphatic rings. The number of ether oxygens (including phenoxy) is 2. The highest BCUT2D eigenvalue weighted by Crippen LogP contribution is 2.08. The third-order valence-electron chi connectivity index (χ3n) is 3.67. The van der Waals surface area contributed by atoms with Crippen molar-refractivity contribution in [2.75, 3.05) is 20.3 Å². The molecule has 4 nitrogen and oxygen atoms in total. The van der Waals surface area contributed by atoms with Crippen LogP contribution in [-0.4, -0.2) is 32.1 Å². The first-order chi connectivity index (χ1) is 10.7. The first-order valence-corrected chi connectivity index (χ1v) is 8.81. The van der Waals surface area contributed by atoms with Crippen LogP contribution in [0.3, 0.4) is 0 Å². The first kappa shape index (κ1) is 21.1. The molecule has 0 radical (unpaired) electrons. The summed E-state index contributed by atoms with van der Waals surface area (Å²) in [4.78, 5) is 22.3. The van der Waals surface area contributed by atoms with E-state index in [9.17, 15) is 9.59 Å². The van der Waals surface area contributed by atoms with Crippen molar-refractivity contribution in [2.45, 2.75) is 84.0 Å². The van der Waals surface area contributed by atoms with E-state index in [1.54, 1.807) is 14.0 Å². The van der Waals surface area contributed by atoms with Crippen molar-refractivity contribution >= 4 is 11.8 Å². The summed E-state index contributed by atoms with van der Waals surface area (Å²) in [5.41, 5.74) is 0. The van der Waals surface area contributed by atoms with Crippen molar-refractivity contribution < 1.29 is 19.1 Å². The Kier molecular flexibility index (Phi) is 15.8. The molecule has 0 fully saturated rings. The SMILES string of the molecule is COCCCCCCCCOC(=O)CCCCCCC(C)=O. The zero-order valence-corrected chi connectivity index (χ0v) is 14.5. The summed E-state index contributed by atoms with van der Waals surface area (Å²) < 4.78 is 10.2. The number of Topliss-reactive ketones (excluding diaryl/α,β-unsaturated/α-hetero) is 1. The van der Waals surface area contributed by atoms with Crippen LogP contribution in [0.25, 0.3) is 0 Å². The van der Waals surface area contributed by atoms with Gasteiger partial charge in [-0.05, 0) is 32.6 Å². The van der Waals surface area contributed by atoms with E-state index in [0.29, 0.717) is 19.4 Å². The average Bonchev–Trinajstić information content (AvgIpc) is 2.48. The van der Waals surface area contributed by atoms with Crippen molar-refractivity contribution in [1.82, 2.24) is 0 Å². The fraction of sp³-hybridized carbons (Fsp3) is 0.889. The van der Waals surface area contributed by atoms with Gasteiger partial charge in [0.05, 0.1) is 6.61 Å². The Labute approximate surface area is 135 Å². The van der Waals surface area contributed by atoms with Crippen molar-refractivity contribution in [3.8, 4) is 0 Å². The van der Waals surface area contributed by atoms with Crippen LogP contribution in [0.15, 0.2) is 0 Å². The van der Waals surface area contributed by atoms with E-state index in [0.717, 1.165) is 51.6 Å². The van der Waals surface area contributed by atoms with Gasteiger partial charge in [-0.1, -0.05) is 38.5 Å². The molecule has 130 valence electrons. The Hall–Kier alpha value is -0.900. The number of carbonyl (C=O) groups is 2. The maximum atomic E-state index is 11.5. The summed E-state index contributed by atoms with van der Waals surface area (Å²) in [5.74, 6) is 0.171. The largest absolute Gasteiger partial charge is 0.466 e. The Balaban J connectivity index is 3.17. The molecule has 0 heterocycles. The van der Waals surface area contributed by atoms with Crippen LogP contribution in [0.4, 0.5) is 0 Å². The molecule has 0 aromatic carbocycles. The van der Waals surface area contributed by atoms with E-state index in [1.165, 1.54) is 19.3 Å². The normalized spacial score (nSPS) is 10.6. The molecule has 4 heteroatoms. The second-order valence-electron chi connectivity index (χ2n) is 5.95. The van der Waals surface area contributed by atoms with Gasteiger partial charge in [0.15, 0.2) is 0 Å². The quantitative estimate of drug-likeness (QED) is 0.312. The lowest BCUT2D eigenvalue weighted by molar-refractivity contribution is -0.143. The van der Waals surface area contributed by atoms with Gasteiger partial charge in [-0.25, -0.2) is 0 Å². The average molecular weight is 314 g/mol. The third-order valence-corrected chi connectivity index (χ3v) is 3.67. The molecular formula is C18H34O4. The standard InChI is InChI=1S/C18H34O4/c1-17(19)13-9-5-6-10-14-18(20)22-16-12-8-4-3-7-11-15-21-2/h3-16H2,1-2H3. The minimum atomic E-state index is -0.0772. The predicted molar refractivity (Wildman–Crippen MR) is 88.9 cm³/mol. The second-order valence-corrected chi connectivity index (χ2v) is 5.95. The van der Waals surface area contributed by atoms with E-state index in [4.69, 9.17) is 9.47 Å². The molecule has 0 bridgehead atoms. The topological polar surface area (TPSA) is 52.6 Å². The molecule has 0 rings (SSSR count). The molecule has 0 N–H and O–H groups in total. The van der Waals surface area contributed by atoms with Crippen LogP contribution in [0.2, 0.25) is 0 Å². The number of esters is 1. The molecular weight excluding hydrogens is 280 g/mol. The molecule has 0 aliphatic carbocycles. The molecule has 22 heavy (non-hydrogen) atoms. The highest BCUT2D eigenvalue weighted by Gasteiger charge is 2.02. The highest BCUT2D eigenvalue weighted by molar-refractivity contribution is 5.75. The molecule has 0 saturated carbocycles. The van der Waals surface area contributed by atoms with Crippen LogP contribution in [0.1, 0.15) is 84.0 Å². The summed E-state index contributed by atoms with van der Waals surface area (Å²) >= 11 is 0. The lowest BCUT2D eigenvalue weighted by atomic mass is 10.1. The van der Waals surface area contributed by atoms with Crippen molar-refractivity contribution in [3.05, 3.63) is 0 Å². The summed E-state index contributed by atoms with van der Waals surface area (Å²) in [6.45, 7) is 3.03. The minimum absolute atomic E-state index is 0.0772. The fourth-order valence-corrected chi connectivity index (χ4v) is 2.31. The summed E-state index contributed by atoms with van der Waals surface area (Å²) in [6.07, 6.45) is 11.9. The third kappa shape index (κ3) is 17.2. The molecule has 0 spiro atoms. The maximum absolute atomic E-state index is 11.5. The predicted octanol–water partition coefficient (Wildman–Crippen LogP) is 4.45. The Morgan fingerprint density at radius 1 is 0.682 bits per heavy atom. The lowest BCUT2D eigenvalue weighted by Gasteiger charge is -2.05. The zero-order valence-electron chi connectivity index (χ0n) is 14.5. The van der Waals surface area contributed by atoms with Crippen molar-refractivity contribution in [1.29, 1.82) is 0 Å². The van der Waals surface area contributed by atoms with Gasteiger partial charge in [-0.3, -0.25) is 4.79 Å². The van der Waals surface area contributed by atoms with Gasteiger partial charge in [0.25, 0.3) is 0 Å². The van der Waals surface area contributed by atoms with Gasteiger partial charge in [0.2, 0.25) is 0 Å². The summed E-state index contributed by atoms with van der Waals surface area (Å²) in [6, 6.07) is 0. The monoisotopic (exact) mass is 314 g/mol. The van der Waals surface area contributed by atoms with Crippen LogP contribution in [0.5, 0.6) is 0 Å². The van der Waals surface area contributed by atoms with Crippen LogP contribution in [0, 0.1) is 0 Å². The number of hydrogen-bond acceptors (Lipinski definition) is 4. The van der Waals surface area contributed by atoms with Crippen molar-refractivity contribution in [3.63, 3.8) is 0 Å². The number of ketones is 1. The number of methoxy groups -OCH3 is 1. The van der Waals surface area contributed by atoms with Crippen LogP contribution < -0.4 is 0 Å². The molecule has 0 aliphatic heterocycles. The molecule has 0 aromatic heterocycles. The molecule has 0 aromatic rings. The molecule has 0 saturated heterocycles. The lowest BCUT2D eigenvalue weighted by Crippen LogP contribution is -2.05. The van der Waals surface area contributed by atoms with Crippen molar-refractivity contribution in [2.24, 2.45) is 0 Å². The van der Waals surface area contributed by atoms with E-state index in [2.05, 4.69) is 0 Å². The molecule has 0 amide bonds. The fourth-order valence-electron chi connectivity index (χ4n) is 2.31. The summed E-state index contributed by atoms with van der Waals surface area (Å²) in [7, 11) is 1.74. The first-order valence-electron chi connectivity index (χ1n) is 8.81. The van der Waals surface area contributed by atoms with Gasteiger partial charge in [-0.15, -0.1) is 0 Å². The Morgan fingerprint density at radius 3 is 1.77 bits per heavy atom. The minimum Gasteiger partial charge on any atom is -0.466 e. The molecule has 0 unspecified atom stereocenters. The maximum Gasteiger partial charge on any atom is 0.305 e. The van der Waals surface area contributed by atoms with Gasteiger partial charge in [0.1, 0.15) is 5.78 Å². The van der Waals surface area contributed by atoms with Crippen LogP contribution in [-0.2, 0) is 19.1 Å². The highest BCUT2D eigenvalue weighted by atomic mass is 16.5. The van der Waals surface area contributed by atoms with E-state index >= 15 is 0 Å². The zero-order chi connectivity index (χ0) is 16.5. The van der Waals surface area contributed by atoms with Gasteiger partial charge in [-0.2, -0.15) is 0 Å². The van der Waals surface area contributed by atoms with Gasteiger partial charge >= 0.3 is 5.97 Å². The van der Waals surface area contributed by atoms with E-state index < -0.39 is 0 Å². The number of carbonyl (C=O) groups excluding carboxylic acids is 2. The number of unbranched alkanes of at least 4 members (excludes halogenated alkanes) is 8. The van der Waals surface area contributed by atoms with E-state index in [-0.39, 0.29) is 11.8 Å². The Morgan fingerprint density at radius 2 is 1.18 bits per heavy atom.